The highest BCUT2D eigenvalue weighted by molar-refractivity contribution is 5.92. The Labute approximate surface area is 168 Å². The number of carbonyl (C=O) groups excluding carboxylic acids is 2. The van der Waals surface area contributed by atoms with E-state index in [-0.39, 0.29) is 17.7 Å². The van der Waals surface area contributed by atoms with Gasteiger partial charge in [-0.1, -0.05) is 19.4 Å². The number of ether oxygens (including phenoxy) is 2. The molecule has 1 aromatic carbocycles. The van der Waals surface area contributed by atoms with Gasteiger partial charge in [0.25, 0.3) is 0 Å². The zero-order valence-electron chi connectivity index (χ0n) is 17.4. The second-order valence-electron chi connectivity index (χ2n) is 7.28. The number of carbonyl (C=O) groups is 2. The number of likely N-dealkylation sites (tertiary alicyclic amines) is 1. The second-order valence-corrected chi connectivity index (χ2v) is 7.28. The molecule has 1 fully saturated rings. The molecule has 6 nitrogen and oxygen atoms in total. The minimum atomic E-state index is -0.0296. The molecule has 1 aliphatic heterocycles. The molecule has 1 heterocycles. The summed E-state index contributed by atoms with van der Waals surface area (Å²) in [7, 11) is 5.16. The lowest BCUT2D eigenvalue weighted by Crippen LogP contribution is -2.42. The summed E-state index contributed by atoms with van der Waals surface area (Å²) in [5.74, 6) is 1.52. The van der Waals surface area contributed by atoms with Gasteiger partial charge in [-0.15, -0.1) is 0 Å². The quantitative estimate of drug-likeness (QED) is 0.507. The van der Waals surface area contributed by atoms with Gasteiger partial charge in [-0.05, 0) is 43.0 Å². The predicted molar refractivity (Wildman–Crippen MR) is 110 cm³/mol. The molecule has 28 heavy (non-hydrogen) atoms. The summed E-state index contributed by atoms with van der Waals surface area (Å²) < 4.78 is 11.1. The van der Waals surface area contributed by atoms with E-state index in [0.717, 1.165) is 18.4 Å². The third-order valence-corrected chi connectivity index (χ3v) is 4.96. The molecule has 1 saturated heterocycles. The van der Waals surface area contributed by atoms with Crippen LogP contribution < -0.4 is 9.47 Å². The summed E-state index contributed by atoms with van der Waals surface area (Å²) in [4.78, 5) is 27.9. The number of methoxy groups -OCH3 is 1. The van der Waals surface area contributed by atoms with Crippen LogP contribution in [0.25, 0.3) is 6.08 Å². The van der Waals surface area contributed by atoms with E-state index < -0.39 is 0 Å². The number of hydrogen-bond acceptors (Lipinski definition) is 4. The van der Waals surface area contributed by atoms with Crippen molar-refractivity contribution < 1.29 is 19.1 Å². The molecular formula is C22H32N2O4. The average Bonchev–Trinajstić information content (AvgIpc) is 2.72. The highest BCUT2D eigenvalue weighted by atomic mass is 16.5. The zero-order chi connectivity index (χ0) is 20.5. The standard InChI is InChI=1S/C22H32N2O4/c1-5-6-15-28-19-9-7-17(16-20(19)27-4)8-10-21(25)24-13-11-18(12-14-24)22(26)23(2)3/h7-10,16,18H,5-6,11-15H2,1-4H3. The molecule has 6 heteroatoms. The minimum absolute atomic E-state index is 0.0209. The first-order chi connectivity index (χ1) is 13.5. The van der Waals surface area contributed by atoms with Gasteiger partial charge < -0.3 is 19.3 Å². The van der Waals surface area contributed by atoms with Crippen molar-refractivity contribution in [2.75, 3.05) is 40.9 Å². The topological polar surface area (TPSA) is 59.1 Å². The first-order valence-corrected chi connectivity index (χ1v) is 9.95. The van der Waals surface area contributed by atoms with Gasteiger partial charge >= 0.3 is 0 Å². The predicted octanol–water partition coefficient (Wildman–Crippen LogP) is 3.21. The number of benzene rings is 1. The van der Waals surface area contributed by atoms with Gasteiger partial charge in [-0.2, -0.15) is 0 Å². The Hall–Kier alpha value is -2.50. The summed E-state index contributed by atoms with van der Waals surface area (Å²) in [6.45, 7) is 4.00. The largest absolute Gasteiger partial charge is 0.493 e. The van der Waals surface area contributed by atoms with Crippen LogP contribution in [0, 0.1) is 5.92 Å². The monoisotopic (exact) mass is 388 g/mol. The molecule has 154 valence electrons. The van der Waals surface area contributed by atoms with Crippen molar-refractivity contribution in [3.8, 4) is 11.5 Å². The van der Waals surface area contributed by atoms with Gasteiger partial charge in [0.2, 0.25) is 11.8 Å². The van der Waals surface area contributed by atoms with Crippen LogP contribution in [-0.4, -0.2) is 62.5 Å². The van der Waals surface area contributed by atoms with Crippen molar-refractivity contribution in [2.45, 2.75) is 32.6 Å². The SMILES string of the molecule is CCCCOc1ccc(C=CC(=O)N2CCC(C(=O)N(C)C)CC2)cc1OC. The van der Waals surface area contributed by atoms with E-state index in [1.54, 1.807) is 43.2 Å². The molecule has 2 amide bonds. The van der Waals surface area contributed by atoms with Crippen LogP contribution in [0.5, 0.6) is 11.5 Å². The molecule has 1 aliphatic rings. The van der Waals surface area contributed by atoms with Crippen LogP contribution in [0.15, 0.2) is 24.3 Å². The molecule has 0 atom stereocenters. The maximum Gasteiger partial charge on any atom is 0.246 e. The highest BCUT2D eigenvalue weighted by Gasteiger charge is 2.27. The lowest BCUT2D eigenvalue weighted by atomic mass is 9.95. The summed E-state index contributed by atoms with van der Waals surface area (Å²) in [5.41, 5.74) is 0.880. The minimum Gasteiger partial charge on any atom is -0.493 e. The van der Waals surface area contributed by atoms with E-state index in [9.17, 15) is 9.59 Å². The molecule has 2 rings (SSSR count). The maximum absolute atomic E-state index is 12.5. The van der Waals surface area contributed by atoms with E-state index in [0.29, 0.717) is 44.0 Å². The number of rotatable bonds is 8. The Balaban J connectivity index is 1.92. The van der Waals surface area contributed by atoms with Crippen molar-refractivity contribution in [3.63, 3.8) is 0 Å². The molecular weight excluding hydrogens is 356 g/mol. The molecule has 0 aromatic heterocycles. The zero-order valence-corrected chi connectivity index (χ0v) is 17.4. The summed E-state index contributed by atoms with van der Waals surface area (Å²) >= 11 is 0. The van der Waals surface area contributed by atoms with Crippen LogP contribution in [-0.2, 0) is 9.59 Å². The van der Waals surface area contributed by atoms with Crippen LogP contribution in [0.3, 0.4) is 0 Å². The van der Waals surface area contributed by atoms with Crippen molar-refractivity contribution in [1.82, 2.24) is 9.80 Å². The number of nitrogens with zero attached hydrogens (tertiary/aromatic N) is 2. The van der Waals surface area contributed by atoms with Gasteiger partial charge in [0.15, 0.2) is 11.5 Å². The molecule has 0 aliphatic carbocycles. The fourth-order valence-corrected chi connectivity index (χ4v) is 3.22. The first kappa shape index (κ1) is 21.8. The Bertz CT molecular complexity index is 692. The Kier molecular flexibility index (Phi) is 8.36. The average molecular weight is 389 g/mol. The number of unbranched alkanes of at least 4 members (excludes halogenated alkanes) is 1. The van der Waals surface area contributed by atoms with Crippen molar-refractivity contribution >= 4 is 17.9 Å². The van der Waals surface area contributed by atoms with Crippen LogP contribution in [0.2, 0.25) is 0 Å². The molecule has 1 aromatic rings. The van der Waals surface area contributed by atoms with E-state index in [4.69, 9.17) is 9.47 Å². The number of piperidine rings is 1. The van der Waals surface area contributed by atoms with Crippen LogP contribution in [0.1, 0.15) is 38.2 Å². The third-order valence-electron chi connectivity index (χ3n) is 4.96. The fraction of sp³-hybridized carbons (Fsp3) is 0.545. The second kappa shape index (κ2) is 10.7. The van der Waals surface area contributed by atoms with E-state index in [2.05, 4.69) is 6.92 Å². The summed E-state index contributed by atoms with van der Waals surface area (Å²) in [6, 6.07) is 5.65. The molecule has 0 bridgehead atoms. The van der Waals surface area contributed by atoms with Crippen LogP contribution >= 0.6 is 0 Å². The summed E-state index contributed by atoms with van der Waals surface area (Å²) in [5, 5.41) is 0. The number of amides is 2. The van der Waals surface area contributed by atoms with Gasteiger partial charge in [-0.3, -0.25) is 9.59 Å². The lowest BCUT2D eigenvalue weighted by Gasteiger charge is -2.31. The Morgan fingerprint density at radius 1 is 1.21 bits per heavy atom. The van der Waals surface area contributed by atoms with Crippen molar-refractivity contribution in [1.29, 1.82) is 0 Å². The normalized spacial score (nSPS) is 14.9. The lowest BCUT2D eigenvalue weighted by molar-refractivity contribution is -0.137. The highest BCUT2D eigenvalue weighted by Crippen LogP contribution is 2.29. The van der Waals surface area contributed by atoms with E-state index >= 15 is 0 Å². The molecule has 0 N–H and O–H groups in total. The molecule has 0 unspecified atom stereocenters. The van der Waals surface area contributed by atoms with Gasteiger partial charge in [0, 0.05) is 39.2 Å². The van der Waals surface area contributed by atoms with Crippen LogP contribution in [0.4, 0.5) is 0 Å². The van der Waals surface area contributed by atoms with Gasteiger partial charge in [0.05, 0.1) is 13.7 Å². The maximum atomic E-state index is 12.5. The van der Waals surface area contributed by atoms with E-state index in [1.165, 1.54) is 0 Å². The molecule has 0 radical (unpaired) electrons. The smallest absolute Gasteiger partial charge is 0.246 e. The third kappa shape index (κ3) is 6.01. The van der Waals surface area contributed by atoms with Crippen molar-refractivity contribution in [3.05, 3.63) is 29.8 Å². The Morgan fingerprint density at radius 3 is 2.54 bits per heavy atom. The summed E-state index contributed by atoms with van der Waals surface area (Å²) in [6.07, 6.45) is 6.88. The molecule has 0 saturated carbocycles. The number of hydrogen-bond donors (Lipinski definition) is 0. The van der Waals surface area contributed by atoms with E-state index in [1.807, 2.05) is 18.2 Å². The van der Waals surface area contributed by atoms with Crippen molar-refractivity contribution in [2.24, 2.45) is 5.92 Å². The van der Waals surface area contributed by atoms with Gasteiger partial charge in [0.1, 0.15) is 0 Å². The first-order valence-electron chi connectivity index (χ1n) is 9.95. The van der Waals surface area contributed by atoms with Gasteiger partial charge in [-0.25, -0.2) is 0 Å². The molecule has 0 spiro atoms. The Morgan fingerprint density at radius 2 is 1.93 bits per heavy atom. The fourth-order valence-electron chi connectivity index (χ4n) is 3.22.